The summed E-state index contributed by atoms with van der Waals surface area (Å²) in [5, 5.41) is 38.6. The summed E-state index contributed by atoms with van der Waals surface area (Å²) in [6.45, 7) is -0.470. The van der Waals surface area contributed by atoms with Crippen molar-refractivity contribution in [2.24, 2.45) is 0 Å². The van der Waals surface area contributed by atoms with Crippen molar-refractivity contribution in [3.63, 3.8) is 0 Å². The molecule has 28 heavy (non-hydrogen) atoms. The van der Waals surface area contributed by atoms with E-state index in [0.717, 1.165) is 5.56 Å². The van der Waals surface area contributed by atoms with Crippen LogP contribution in [0.1, 0.15) is 17.2 Å². The van der Waals surface area contributed by atoms with Gasteiger partial charge in [0.05, 0.1) is 27.4 Å². The van der Waals surface area contributed by atoms with E-state index in [1.165, 1.54) is 26.4 Å². The Balaban J connectivity index is 2.06. The Kier molecular flexibility index (Phi) is 5.81. The van der Waals surface area contributed by atoms with Gasteiger partial charge in [0.25, 0.3) is 0 Å². The number of aliphatic hydroxyl groups is 2. The van der Waals surface area contributed by atoms with Crippen molar-refractivity contribution in [3.05, 3.63) is 41.5 Å². The molecule has 1 aliphatic heterocycles. The lowest BCUT2D eigenvalue weighted by molar-refractivity contribution is -0.0142. The molecule has 1 heterocycles. The summed E-state index contributed by atoms with van der Waals surface area (Å²) in [5.41, 5.74) is 1.17. The molecule has 0 aromatic heterocycles. The Morgan fingerprint density at radius 2 is 1.75 bits per heavy atom. The zero-order valence-electron chi connectivity index (χ0n) is 15.5. The van der Waals surface area contributed by atoms with Gasteiger partial charge in [-0.25, -0.2) is 0 Å². The van der Waals surface area contributed by atoms with Crippen LogP contribution in [0.25, 0.3) is 6.08 Å². The fraction of sp³-hybridized carbons (Fsp3) is 0.300. The number of hydrogen-bond acceptors (Lipinski definition) is 8. The van der Waals surface area contributed by atoms with Gasteiger partial charge < -0.3 is 39.4 Å². The molecule has 0 unspecified atom stereocenters. The number of hydrogen-bond donors (Lipinski definition) is 4. The molecule has 4 N–H and O–H groups in total. The molecular formula is C20H22O8. The van der Waals surface area contributed by atoms with Gasteiger partial charge in [0, 0.05) is 5.56 Å². The van der Waals surface area contributed by atoms with Crippen molar-refractivity contribution in [2.75, 3.05) is 27.4 Å². The number of methoxy groups -OCH3 is 2. The molecule has 0 spiro atoms. The zero-order valence-corrected chi connectivity index (χ0v) is 15.5. The van der Waals surface area contributed by atoms with Crippen molar-refractivity contribution in [1.82, 2.24) is 0 Å². The third kappa shape index (κ3) is 3.64. The number of fused-ring (bicyclic) bond motifs is 1. The number of rotatable bonds is 6. The molecule has 0 saturated heterocycles. The molecule has 0 bridgehead atoms. The van der Waals surface area contributed by atoms with E-state index in [1.54, 1.807) is 24.3 Å². The van der Waals surface area contributed by atoms with E-state index in [-0.39, 0.29) is 30.5 Å². The summed E-state index contributed by atoms with van der Waals surface area (Å²) in [4.78, 5) is 0. The normalized spacial score (nSPS) is 18.3. The summed E-state index contributed by atoms with van der Waals surface area (Å²) in [6, 6.07) is 6.26. The second-order valence-electron chi connectivity index (χ2n) is 6.10. The SMILES string of the molecule is COc1cc([C@H]2Oc3cc(/C=C/CO)cc(OC)c3O[C@@H]2CO)cc(O)c1O. The van der Waals surface area contributed by atoms with E-state index < -0.39 is 12.2 Å². The Hall–Kier alpha value is -3.10. The van der Waals surface area contributed by atoms with Gasteiger partial charge in [-0.05, 0) is 29.8 Å². The molecule has 8 heteroatoms. The van der Waals surface area contributed by atoms with Crippen LogP contribution in [0, 0.1) is 0 Å². The van der Waals surface area contributed by atoms with Crippen LogP contribution in [0.15, 0.2) is 30.3 Å². The Morgan fingerprint density at radius 3 is 2.39 bits per heavy atom. The molecule has 0 amide bonds. The fourth-order valence-corrected chi connectivity index (χ4v) is 3.01. The molecule has 0 aliphatic carbocycles. The number of ether oxygens (including phenoxy) is 4. The monoisotopic (exact) mass is 390 g/mol. The molecule has 2 atom stereocenters. The minimum Gasteiger partial charge on any atom is -0.504 e. The van der Waals surface area contributed by atoms with Crippen molar-refractivity contribution >= 4 is 6.08 Å². The predicted molar refractivity (Wildman–Crippen MR) is 100 cm³/mol. The van der Waals surface area contributed by atoms with Crippen LogP contribution in [0.3, 0.4) is 0 Å². The minimum absolute atomic E-state index is 0.0679. The first-order valence-corrected chi connectivity index (χ1v) is 8.55. The highest BCUT2D eigenvalue weighted by Gasteiger charge is 2.35. The second-order valence-corrected chi connectivity index (χ2v) is 6.10. The van der Waals surface area contributed by atoms with E-state index in [2.05, 4.69) is 0 Å². The molecule has 0 saturated carbocycles. The second kappa shape index (κ2) is 8.28. The first-order chi connectivity index (χ1) is 13.5. The predicted octanol–water partition coefficient (Wildman–Crippen LogP) is 1.99. The lowest BCUT2D eigenvalue weighted by Gasteiger charge is -2.34. The summed E-state index contributed by atoms with van der Waals surface area (Å²) in [6.07, 6.45) is 1.71. The van der Waals surface area contributed by atoms with Crippen molar-refractivity contribution in [3.8, 4) is 34.5 Å². The molecule has 0 radical (unpaired) electrons. The van der Waals surface area contributed by atoms with Gasteiger partial charge in [-0.1, -0.05) is 12.2 Å². The number of phenols is 2. The molecule has 3 rings (SSSR count). The van der Waals surface area contributed by atoms with Gasteiger partial charge >= 0.3 is 0 Å². The number of aliphatic hydroxyl groups excluding tert-OH is 2. The Bertz CT molecular complexity index is 877. The van der Waals surface area contributed by atoms with Crippen LogP contribution in [-0.4, -0.2) is 54.0 Å². The van der Waals surface area contributed by atoms with Crippen molar-refractivity contribution in [2.45, 2.75) is 12.2 Å². The van der Waals surface area contributed by atoms with Crippen LogP contribution < -0.4 is 18.9 Å². The molecule has 150 valence electrons. The van der Waals surface area contributed by atoms with E-state index in [1.807, 2.05) is 0 Å². The summed E-state index contributed by atoms with van der Waals surface area (Å²) in [7, 11) is 2.85. The van der Waals surface area contributed by atoms with Crippen LogP contribution in [0.4, 0.5) is 0 Å². The van der Waals surface area contributed by atoms with E-state index in [9.17, 15) is 15.3 Å². The highest BCUT2D eigenvalue weighted by atomic mass is 16.6. The highest BCUT2D eigenvalue weighted by Crippen LogP contribution is 2.48. The van der Waals surface area contributed by atoms with Gasteiger partial charge in [0.15, 0.2) is 35.2 Å². The number of benzene rings is 2. The Morgan fingerprint density at radius 1 is 1.00 bits per heavy atom. The van der Waals surface area contributed by atoms with Gasteiger partial charge in [-0.2, -0.15) is 0 Å². The third-order valence-electron chi connectivity index (χ3n) is 4.35. The number of aromatic hydroxyl groups is 2. The van der Waals surface area contributed by atoms with Crippen LogP contribution in [-0.2, 0) is 0 Å². The van der Waals surface area contributed by atoms with E-state index >= 15 is 0 Å². The largest absolute Gasteiger partial charge is 0.504 e. The highest BCUT2D eigenvalue weighted by molar-refractivity contribution is 5.63. The van der Waals surface area contributed by atoms with Gasteiger partial charge in [-0.3, -0.25) is 0 Å². The lowest BCUT2D eigenvalue weighted by Crippen LogP contribution is -2.36. The van der Waals surface area contributed by atoms with Crippen molar-refractivity contribution in [1.29, 1.82) is 0 Å². The third-order valence-corrected chi connectivity index (χ3v) is 4.35. The molecule has 2 aromatic carbocycles. The van der Waals surface area contributed by atoms with Crippen LogP contribution in [0.5, 0.6) is 34.5 Å². The molecule has 2 aromatic rings. The molecule has 0 fully saturated rings. The average molecular weight is 390 g/mol. The molecule has 8 nitrogen and oxygen atoms in total. The lowest BCUT2D eigenvalue weighted by atomic mass is 10.0. The maximum absolute atomic E-state index is 9.98. The molecular weight excluding hydrogens is 368 g/mol. The van der Waals surface area contributed by atoms with E-state index in [4.69, 9.17) is 24.1 Å². The van der Waals surface area contributed by atoms with E-state index in [0.29, 0.717) is 22.8 Å². The maximum atomic E-state index is 9.98. The van der Waals surface area contributed by atoms with Gasteiger partial charge in [0.2, 0.25) is 11.5 Å². The maximum Gasteiger partial charge on any atom is 0.204 e. The standard InChI is InChI=1S/C20H22O8/c1-25-14-9-12(8-13(23)18(14)24)19-17(10-22)28-20-15(26-2)6-11(4-3-5-21)7-16(20)27-19/h3-4,6-9,17,19,21-24H,5,10H2,1-2H3/b4-3+/t17-,19-/m1/s1. The minimum atomic E-state index is -0.783. The van der Waals surface area contributed by atoms with Gasteiger partial charge in [0.1, 0.15) is 0 Å². The van der Waals surface area contributed by atoms with Crippen molar-refractivity contribution < 1.29 is 39.4 Å². The summed E-state index contributed by atoms with van der Waals surface area (Å²) >= 11 is 0. The van der Waals surface area contributed by atoms with Crippen LogP contribution in [0.2, 0.25) is 0 Å². The van der Waals surface area contributed by atoms with Crippen LogP contribution >= 0.6 is 0 Å². The summed E-state index contributed by atoms with van der Waals surface area (Å²) < 4.78 is 22.4. The topological polar surface area (TPSA) is 118 Å². The Labute approximate surface area is 161 Å². The smallest absolute Gasteiger partial charge is 0.204 e. The number of phenolic OH excluding ortho intramolecular Hbond substituents is 2. The fourth-order valence-electron chi connectivity index (χ4n) is 3.01. The molecule has 1 aliphatic rings. The first kappa shape index (κ1) is 19.7. The average Bonchev–Trinajstić information content (AvgIpc) is 2.72. The quantitative estimate of drug-likeness (QED) is 0.553. The first-order valence-electron chi connectivity index (χ1n) is 8.55. The summed E-state index contributed by atoms with van der Waals surface area (Å²) in [5.74, 6) is 0.433. The zero-order chi connectivity index (χ0) is 20.3. The van der Waals surface area contributed by atoms with Gasteiger partial charge in [-0.15, -0.1) is 0 Å².